The Morgan fingerprint density at radius 2 is 2.25 bits per heavy atom. The van der Waals surface area contributed by atoms with Gasteiger partial charge >= 0.3 is 0 Å². The molecule has 0 fully saturated rings. The Kier molecular flexibility index (Phi) is 4.02. The molecule has 1 unspecified atom stereocenters. The Morgan fingerprint density at radius 3 is 3.10 bits per heavy atom. The number of nitrogens with one attached hydrogen (secondary N) is 1. The van der Waals surface area contributed by atoms with Crippen LogP contribution in [0.1, 0.15) is 36.5 Å². The predicted molar refractivity (Wildman–Crippen MR) is 76.9 cm³/mol. The molecule has 4 nitrogen and oxygen atoms in total. The summed E-state index contributed by atoms with van der Waals surface area (Å²) in [4.78, 5) is 4.26. The summed E-state index contributed by atoms with van der Waals surface area (Å²) in [7, 11) is 0. The smallest absolute Gasteiger partial charge is 0.208 e. The van der Waals surface area contributed by atoms with Crippen molar-refractivity contribution in [1.82, 2.24) is 10.3 Å². The average Bonchev–Trinajstić information content (AvgIpc) is 2.95. The third-order valence-corrected chi connectivity index (χ3v) is 3.70. The number of rotatable bonds is 5. The fourth-order valence-electron chi connectivity index (χ4n) is 2.57. The summed E-state index contributed by atoms with van der Waals surface area (Å²) in [6.07, 6.45) is 3.75. The molecule has 0 spiro atoms. The molecule has 2 aromatic rings. The SMILES string of the molecule is CCc1cnc(CNCC2CCOc3ccccc32)o1. The van der Waals surface area contributed by atoms with Crippen LogP contribution in [0.15, 0.2) is 34.9 Å². The fourth-order valence-corrected chi connectivity index (χ4v) is 2.57. The molecule has 0 saturated carbocycles. The van der Waals surface area contributed by atoms with Crippen molar-refractivity contribution in [2.75, 3.05) is 13.2 Å². The lowest BCUT2D eigenvalue weighted by Crippen LogP contribution is -2.25. The van der Waals surface area contributed by atoms with Crippen molar-refractivity contribution in [3.63, 3.8) is 0 Å². The van der Waals surface area contributed by atoms with E-state index in [2.05, 4.69) is 29.4 Å². The first-order chi connectivity index (χ1) is 9.86. The van der Waals surface area contributed by atoms with Crippen LogP contribution in [-0.4, -0.2) is 18.1 Å². The molecule has 1 aromatic carbocycles. The molecule has 1 N–H and O–H groups in total. The van der Waals surface area contributed by atoms with Gasteiger partial charge in [-0.05, 0) is 18.1 Å². The molecule has 1 atom stereocenters. The van der Waals surface area contributed by atoms with Crippen molar-refractivity contribution in [2.24, 2.45) is 0 Å². The minimum Gasteiger partial charge on any atom is -0.493 e. The molecule has 0 radical (unpaired) electrons. The van der Waals surface area contributed by atoms with Gasteiger partial charge in [-0.25, -0.2) is 4.98 Å². The number of aromatic nitrogens is 1. The van der Waals surface area contributed by atoms with Crippen molar-refractivity contribution < 1.29 is 9.15 Å². The number of hydrogen-bond acceptors (Lipinski definition) is 4. The van der Waals surface area contributed by atoms with Gasteiger partial charge < -0.3 is 14.5 Å². The van der Waals surface area contributed by atoms with Gasteiger partial charge in [0.1, 0.15) is 11.5 Å². The summed E-state index contributed by atoms with van der Waals surface area (Å²) < 4.78 is 11.3. The zero-order valence-electron chi connectivity index (χ0n) is 11.8. The van der Waals surface area contributed by atoms with Gasteiger partial charge in [-0.2, -0.15) is 0 Å². The highest BCUT2D eigenvalue weighted by Gasteiger charge is 2.20. The van der Waals surface area contributed by atoms with E-state index in [9.17, 15) is 0 Å². The van der Waals surface area contributed by atoms with Crippen LogP contribution in [0.4, 0.5) is 0 Å². The molecule has 106 valence electrons. The lowest BCUT2D eigenvalue weighted by Gasteiger charge is -2.25. The van der Waals surface area contributed by atoms with Crippen LogP contribution in [0.2, 0.25) is 0 Å². The van der Waals surface area contributed by atoms with E-state index >= 15 is 0 Å². The monoisotopic (exact) mass is 272 g/mol. The van der Waals surface area contributed by atoms with Crippen LogP contribution in [0.3, 0.4) is 0 Å². The number of benzene rings is 1. The van der Waals surface area contributed by atoms with Crippen molar-refractivity contribution in [1.29, 1.82) is 0 Å². The summed E-state index contributed by atoms with van der Waals surface area (Å²) in [5, 5.41) is 3.44. The quantitative estimate of drug-likeness (QED) is 0.909. The van der Waals surface area contributed by atoms with Gasteiger partial charge in [-0.3, -0.25) is 0 Å². The second-order valence-electron chi connectivity index (χ2n) is 5.08. The minimum atomic E-state index is 0.501. The van der Waals surface area contributed by atoms with E-state index in [-0.39, 0.29) is 0 Å². The van der Waals surface area contributed by atoms with Crippen LogP contribution in [0.5, 0.6) is 5.75 Å². The number of fused-ring (bicyclic) bond motifs is 1. The van der Waals surface area contributed by atoms with Crippen LogP contribution in [0.25, 0.3) is 0 Å². The molecular weight excluding hydrogens is 252 g/mol. The number of hydrogen-bond donors (Lipinski definition) is 1. The molecule has 0 bridgehead atoms. The van der Waals surface area contributed by atoms with Gasteiger partial charge in [0, 0.05) is 18.9 Å². The number of ether oxygens (including phenoxy) is 1. The van der Waals surface area contributed by atoms with E-state index in [1.54, 1.807) is 6.20 Å². The maximum Gasteiger partial charge on any atom is 0.208 e. The van der Waals surface area contributed by atoms with Crippen molar-refractivity contribution in [2.45, 2.75) is 32.2 Å². The second kappa shape index (κ2) is 6.09. The zero-order chi connectivity index (χ0) is 13.8. The van der Waals surface area contributed by atoms with Crippen LogP contribution in [-0.2, 0) is 13.0 Å². The Bertz CT molecular complexity index is 565. The molecule has 20 heavy (non-hydrogen) atoms. The molecule has 0 aliphatic carbocycles. The van der Waals surface area contributed by atoms with Gasteiger partial charge in [-0.15, -0.1) is 0 Å². The maximum atomic E-state index is 5.68. The summed E-state index contributed by atoms with van der Waals surface area (Å²) in [5.74, 6) is 3.23. The summed E-state index contributed by atoms with van der Waals surface area (Å²) in [6, 6.07) is 8.29. The Labute approximate surface area is 119 Å². The van der Waals surface area contributed by atoms with E-state index in [1.807, 2.05) is 12.1 Å². The number of nitrogens with zero attached hydrogens (tertiary/aromatic N) is 1. The number of aryl methyl sites for hydroxylation is 1. The lowest BCUT2D eigenvalue weighted by atomic mass is 9.93. The predicted octanol–water partition coefficient (Wildman–Crippen LogP) is 2.89. The molecule has 0 amide bonds. The molecule has 3 rings (SSSR count). The van der Waals surface area contributed by atoms with E-state index in [0.717, 1.165) is 43.4 Å². The van der Waals surface area contributed by atoms with E-state index in [4.69, 9.17) is 9.15 Å². The van der Waals surface area contributed by atoms with Crippen molar-refractivity contribution in [3.8, 4) is 5.75 Å². The molecule has 2 heterocycles. The Morgan fingerprint density at radius 1 is 1.35 bits per heavy atom. The summed E-state index contributed by atoms with van der Waals surface area (Å²) >= 11 is 0. The third-order valence-electron chi connectivity index (χ3n) is 3.70. The largest absolute Gasteiger partial charge is 0.493 e. The normalized spacial score (nSPS) is 17.6. The molecular formula is C16H20N2O2. The van der Waals surface area contributed by atoms with Gasteiger partial charge in [0.2, 0.25) is 5.89 Å². The maximum absolute atomic E-state index is 5.68. The number of para-hydroxylation sites is 1. The topological polar surface area (TPSA) is 47.3 Å². The van der Waals surface area contributed by atoms with Crippen molar-refractivity contribution >= 4 is 0 Å². The first kappa shape index (κ1) is 13.2. The van der Waals surface area contributed by atoms with Gasteiger partial charge in [0.05, 0.1) is 19.3 Å². The summed E-state index contributed by atoms with van der Waals surface area (Å²) in [5.41, 5.74) is 1.30. The highest BCUT2D eigenvalue weighted by atomic mass is 16.5. The van der Waals surface area contributed by atoms with Crippen LogP contribution >= 0.6 is 0 Å². The van der Waals surface area contributed by atoms with Crippen LogP contribution in [0, 0.1) is 0 Å². The minimum absolute atomic E-state index is 0.501. The Balaban J connectivity index is 1.57. The van der Waals surface area contributed by atoms with E-state index in [0.29, 0.717) is 12.5 Å². The molecule has 1 aliphatic heterocycles. The highest BCUT2D eigenvalue weighted by molar-refractivity contribution is 5.37. The zero-order valence-corrected chi connectivity index (χ0v) is 11.8. The first-order valence-electron chi connectivity index (χ1n) is 7.23. The van der Waals surface area contributed by atoms with Gasteiger partial charge in [0.25, 0.3) is 0 Å². The van der Waals surface area contributed by atoms with Gasteiger partial charge in [-0.1, -0.05) is 25.1 Å². The van der Waals surface area contributed by atoms with Crippen LogP contribution < -0.4 is 10.1 Å². The molecule has 0 saturated heterocycles. The Hall–Kier alpha value is -1.81. The second-order valence-corrected chi connectivity index (χ2v) is 5.08. The average molecular weight is 272 g/mol. The number of oxazole rings is 1. The molecule has 4 heteroatoms. The van der Waals surface area contributed by atoms with E-state index in [1.165, 1.54) is 5.56 Å². The standard InChI is InChI=1S/C16H20N2O2/c1-2-13-10-18-16(20-13)11-17-9-12-7-8-19-15-6-4-3-5-14(12)15/h3-6,10,12,17H,2,7-9,11H2,1H3. The first-order valence-corrected chi connectivity index (χ1v) is 7.23. The fraction of sp³-hybridized carbons (Fsp3) is 0.438. The third kappa shape index (κ3) is 2.85. The van der Waals surface area contributed by atoms with Gasteiger partial charge in [0.15, 0.2) is 0 Å². The summed E-state index contributed by atoms with van der Waals surface area (Å²) in [6.45, 7) is 4.46. The van der Waals surface area contributed by atoms with Crippen molar-refractivity contribution in [3.05, 3.63) is 47.7 Å². The molecule has 1 aromatic heterocycles. The molecule has 1 aliphatic rings. The lowest BCUT2D eigenvalue weighted by molar-refractivity contribution is 0.263. The van der Waals surface area contributed by atoms with E-state index < -0.39 is 0 Å². The highest BCUT2D eigenvalue weighted by Crippen LogP contribution is 2.32.